The van der Waals surface area contributed by atoms with Gasteiger partial charge in [-0.1, -0.05) is 170 Å². The van der Waals surface area contributed by atoms with Gasteiger partial charge in [-0.25, -0.2) is 29.9 Å². The molecule has 0 unspecified atom stereocenters. The second-order valence-corrected chi connectivity index (χ2v) is 17.3. The van der Waals surface area contributed by atoms with Crippen LogP contribution in [0.15, 0.2) is 194 Å². The topological polar surface area (TPSA) is 77.3 Å². The van der Waals surface area contributed by atoms with Crippen LogP contribution < -0.4 is 0 Å². The van der Waals surface area contributed by atoms with E-state index < -0.39 is 0 Å². The molecule has 8 aromatic carbocycles. The van der Waals surface area contributed by atoms with Crippen LogP contribution in [0.1, 0.15) is 0 Å². The lowest BCUT2D eigenvalue weighted by atomic mass is 10.0. The fourth-order valence-electron chi connectivity index (χ4n) is 8.15. The van der Waals surface area contributed by atoms with Crippen LogP contribution in [0.5, 0.6) is 0 Å². The van der Waals surface area contributed by atoms with Crippen molar-refractivity contribution in [3.8, 4) is 79.5 Å². The molecule has 12 rings (SSSR count). The third kappa shape index (κ3) is 6.50. The van der Waals surface area contributed by atoms with Crippen LogP contribution in [-0.4, -0.2) is 29.9 Å². The number of rotatable bonds is 7. The van der Waals surface area contributed by atoms with E-state index in [-0.39, 0.29) is 0 Å². The summed E-state index contributed by atoms with van der Waals surface area (Å²) < 4.78 is 4.86. The highest BCUT2D eigenvalue weighted by Gasteiger charge is 2.18. The van der Waals surface area contributed by atoms with E-state index in [4.69, 9.17) is 29.9 Å². The molecule has 0 atom stereocenters. The molecule has 0 saturated heterocycles. The van der Waals surface area contributed by atoms with E-state index in [9.17, 15) is 0 Å². The summed E-state index contributed by atoms with van der Waals surface area (Å²) in [7, 11) is 0. The van der Waals surface area contributed by atoms with Gasteiger partial charge in [-0.2, -0.15) is 0 Å². The van der Waals surface area contributed by atoms with Gasteiger partial charge in [0.1, 0.15) is 0 Å². The lowest BCUT2D eigenvalue weighted by molar-refractivity contribution is 1.07. The molecule has 0 radical (unpaired) electrons. The third-order valence-corrected chi connectivity index (χ3v) is 13.5. The highest BCUT2D eigenvalue weighted by atomic mass is 32.1. The van der Waals surface area contributed by atoms with E-state index in [0.29, 0.717) is 34.9 Å². The molecule has 4 aromatic heterocycles. The van der Waals surface area contributed by atoms with Gasteiger partial charge >= 0.3 is 0 Å². The number of hydrogen-bond donors (Lipinski definition) is 0. The van der Waals surface area contributed by atoms with Crippen LogP contribution in [0.25, 0.3) is 120 Å². The first-order chi connectivity index (χ1) is 30.7. The number of aromatic nitrogens is 6. The Balaban J connectivity index is 0.914. The predicted molar refractivity (Wildman–Crippen MR) is 257 cm³/mol. The van der Waals surface area contributed by atoms with Crippen LogP contribution in [0.3, 0.4) is 0 Å². The minimum atomic E-state index is 0.633. The van der Waals surface area contributed by atoms with Crippen molar-refractivity contribution in [2.75, 3.05) is 0 Å². The summed E-state index contributed by atoms with van der Waals surface area (Å²) in [6.07, 6.45) is 0. The van der Waals surface area contributed by atoms with Crippen molar-refractivity contribution in [2.24, 2.45) is 0 Å². The number of nitrogens with zero attached hydrogens (tertiary/aromatic N) is 6. The highest BCUT2D eigenvalue weighted by Crippen LogP contribution is 2.42. The van der Waals surface area contributed by atoms with Crippen molar-refractivity contribution < 1.29 is 0 Å². The number of thiophene rings is 2. The predicted octanol–water partition coefficient (Wildman–Crippen LogP) is 14.5. The average Bonchev–Trinajstić information content (AvgIpc) is 3.92. The second-order valence-electron chi connectivity index (χ2n) is 15.1. The average molecular weight is 829 g/mol. The standard InChI is InChI=1S/C54H32N6S2/c1-4-13-34(14-5-1)49-55-52(58-53(57-49)39-28-29-41-40-19-10-11-21-44(40)61-46(41)32-39)37-25-23-33(24-26-37)38-27-30-42-47(31-38)62-45-22-12-20-43(48(42)45)54-59-50(35-15-6-2-7-16-35)56-51(60-54)36-17-8-3-9-18-36/h1-32H. The molecule has 0 aliphatic carbocycles. The maximum absolute atomic E-state index is 5.08. The van der Waals surface area contributed by atoms with Crippen molar-refractivity contribution in [3.05, 3.63) is 194 Å². The van der Waals surface area contributed by atoms with Crippen molar-refractivity contribution in [2.45, 2.75) is 0 Å². The van der Waals surface area contributed by atoms with E-state index in [1.54, 1.807) is 22.7 Å². The monoisotopic (exact) mass is 828 g/mol. The molecule has 8 heteroatoms. The molecule has 0 saturated carbocycles. The van der Waals surface area contributed by atoms with Crippen molar-refractivity contribution in [1.29, 1.82) is 0 Å². The fraction of sp³-hybridized carbons (Fsp3) is 0. The molecule has 0 bridgehead atoms. The molecule has 4 heterocycles. The molecule has 6 nitrogen and oxygen atoms in total. The van der Waals surface area contributed by atoms with E-state index in [2.05, 4.69) is 103 Å². The Morgan fingerprint density at radius 3 is 1.27 bits per heavy atom. The van der Waals surface area contributed by atoms with Crippen LogP contribution in [0.4, 0.5) is 0 Å². The normalized spacial score (nSPS) is 11.5. The van der Waals surface area contributed by atoms with Crippen molar-refractivity contribution >= 4 is 63.0 Å². The van der Waals surface area contributed by atoms with Gasteiger partial charge in [0.2, 0.25) is 0 Å². The van der Waals surface area contributed by atoms with Crippen molar-refractivity contribution in [3.63, 3.8) is 0 Å². The Hall–Kier alpha value is -7.78. The molecule has 0 aliphatic rings. The molecule has 0 fully saturated rings. The largest absolute Gasteiger partial charge is 0.208 e. The summed E-state index contributed by atoms with van der Waals surface area (Å²) in [4.78, 5) is 30.2. The number of benzene rings is 8. The molecular formula is C54H32N6S2. The first kappa shape index (κ1) is 36.1. The summed E-state index contributed by atoms with van der Waals surface area (Å²) in [5.41, 5.74) is 7.95. The molecule has 12 aromatic rings. The first-order valence-corrected chi connectivity index (χ1v) is 22.0. The number of fused-ring (bicyclic) bond motifs is 6. The minimum absolute atomic E-state index is 0.633. The van der Waals surface area contributed by atoms with Crippen LogP contribution >= 0.6 is 22.7 Å². The maximum Gasteiger partial charge on any atom is 0.164 e. The summed E-state index contributed by atoms with van der Waals surface area (Å²) in [5, 5.41) is 4.83. The molecule has 0 amide bonds. The van der Waals surface area contributed by atoms with Gasteiger partial charge in [0.05, 0.1) is 0 Å². The van der Waals surface area contributed by atoms with Crippen LogP contribution in [0.2, 0.25) is 0 Å². The maximum atomic E-state index is 5.08. The fourth-order valence-corrected chi connectivity index (χ4v) is 10.5. The quantitative estimate of drug-likeness (QED) is 0.159. The number of hydrogen-bond acceptors (Lipinski definition) is 8. The zero-order valence-electron chi connectivity index (χ0n) is 33.0. The van der Waals surface area contributed by atoms with Gasteiger partial charge in [-0.05, 0) is 35.4 Å². The van der Waals surface area contributed by atoms with E-state index >= 15 is 0 Å². The van der Waals surface area contributed by atoms with Gasteiger partial charge < -0.3 is 0 Å². The zero-order valence-corrected chi connectivity index (χ0v) is 34.6. The Bertz CT molecular complexity index is 3570. The smallest absolute Gasteiger partial charge is 0.164 e. The van der Waals surface area contributed by atoms with Gasteiger partial charge in [-0.15, -0.1) is 22.7 Å². The molecule has 0 aliphatic heterocycles. The molecule has 62 heavy (non-hydrogen) atoms. The lowest BCUT2D eigenvalue weighted by Crippen LogP contribution is -2.00. The van der Waals surface area contributed by atoms with Gasteiger partial charge in [0.25, 0.3) is 0 Å². The molecule has 290 valence electrons. The minimum Gasteiger partial charge on any atom is -0.208 e. The Labute approximate surface area is 364 Å². The summed E-state index contributed by atoms with van der Waals surface area (Å²) in [6, 6.07) is 67.1. The van der Waals surface area contributed by atoms with E-state index in [1.807, 2.05) is 91.0 Å². The summed E-state index contributed by atoms with van der Waals surface area (Å²) in [6.45, 7) is 0. The van der Waals surface area contributed by atoms with Crippen LogP contribution in [0, 0.1) is 0 Å². The molecule has 0 spiro atoms. The third-order valence-electron chi connectivity index (χ3n) is 11.2. The summed E-state index contributed by atoms with van der Waals surface area (Å²) in [5.74, 6) is 3.88. The summed E-state index contributed by atoms with van der Waals surface area (Å²) >= 11 is 3.58. The van der Waals surface area contributed by atoms with Crippen LogP contribution in [-0.2, 0) is 0 Å². The first-order valence-electron chi connectivity index (χ1n) is 20.4. The van der Waals surface area contributed by atoms with E-state index in [1.165, 1.54) is 35.0 Å². The highest BCUT2D eigenvalue weighted by molar-refractivity contribution is 7.26. The second kappa shape index (κ2) is 15.0. The SMILES string of the molecule is c1ccc(-c2nc(-c3ccc(-c4ccc5c(c4)sc4cccc(-c6nc(-c7ccccc7)nc(-c7ccccc7)n6)c45)cc3)nc(-c3ccc4c(c3)sc3ccccc34)n2)cc1. The molecular weight excluding hydrogens is 797 g/mol. The lowest BCUT2D eigenvalue weighted by Gasteiger charge is -2.10. The molecule has 0 N–H and O–H groups in total. The van der Waals surface area contributed by atoms with Gasteiger partial charge in [-0.3, -0.25) is 0 Å². The van der Waals surface area contributed by atoms with Gasteiger partial charge in [0.15, 0.2) is 34.9 Å². The Morgan fingerprint density at radius 1 is 0.242 bits per heavy atom. The Morgan fingerprint density at radius 2 is 0.645 bits per heavy atom. The van der Waals surface area contributed by atoms with E-state index in [0.717, 1.165) is 49.9 Å². The zero-order chi connectivity index (χ0) is 41.0. The Kier molecular flexibility index (Phi) is 8.76. The van der Waals surface area contributed by atoms with Gasteiger partial charge in [0, 0.05) is 73.7 Å². The van der Waals surface area contributed by atoms with Crippen molar-refractivity contribution in [1.82, 2.24) is 29.9 Å².